The predicted octanol–water partition coefficient (Wildman–Crippen LogP) is 2.91. The van der Waals surface area contributed by atoms with Gasteiger partial charge in [-0.15, -0.1) is 0 Å². The van der Waals surface area contributed by atoms with Crippen LogP contribution in [0.3, 0.4) is 0 Å². The molecule has 2 aromatic rings. The van der Waals surface area contributed by atoms with Crippen LogP contribution in [0.5, 0.6) is 0 Å². The highest BCUT2D eigenvalue weighted by molar-refractivity contribution is 5.96. The summed E-state index contributed by atoms with van der Waals surface area (Å²) in [6.45, 7) is 4.38. The third-order valence-corrected chi connectivity index (χ3v) is 4.72. The molecular formula is C20H23NO6. The summed E-state index contributed by atoms with van der Waals surface area (Å²) < 4.78 is 16.2. The molecule has 2 heterocycles. The van der Waals surface area contributed by atoms with E-state index in [4.69, 9.17) is 13.9 Å². The van der Waals surface area contributed by atoms with Crippen LogP contribution in [-0.2, 0) is 25.7 Å². The Labute approximate surface area is 157 Å². The van der Waals surface area contributed by atoms with Crippen LogP contribution in [-0.4, -0.2) is 42.4 Å². The molecule has 1 aromatic carbocycles. The molecule has 1 saturated heterocycles. The molecule has 1 aliphatic heterocycles. The van der Waals surface area contributed by atoms with E-state index in [9.17, 15) is 14.4 Å². The van der Waals surface area contributed by atoms with Crippen molar-refractivity contribution in [3.8, 4) is 0 Å². The number of nitrogens with zero attached hydrogens (tertiary/aromatic N) is 1. The second-order valence-electron chi connectivity index (χ2n) is 6.54. The first kappa shape index (κ1) is 18.9. The molecule has 1 amide bonds. The van der Waals surface area contributed by atoms with Crippen molar-refractivity contribution in [2.45, 2.75) is 33.3 Å². The molecule has 0 unspecified atom stereocenters. The van der Waals surface area contributed by atoms with E-state index < -0.39 is 5.97 Å². The Bertz CT molecular complexity index is 855. The number of amides is 1. The SMILES string of the molecule is CCOC(=O)c1oc2ccccc2c1COC(=O)[C@@H]1CCCN(C(C)=O)C1. The Morgan fingerprint density at radius 1 is 1.22 bits per heavy atom. The summed E-state index contributed by atoms with van der Waals surface area (Å²) in [5, 5.41) is 0.711. The number of piperidine rings is 1. The fourth-order valence-corrected chi connectivity index (χ4v) is 3.32. The van der Waals surface area contributed by atoms with Crippen LogP contribution in [0.2, 0.25) is 0 Å². The predicted molar refractivity (Wildman–Crippen MR) is 96.9 cm³/mol. The minimum atomic E-state index is -0.583. The van der Waals surface area contributed by atoms with Crippen molar-refractivity contribution in [1.82, 2.24) is 4.90 Å². The summed E-state index contributed by atoms with van der Waals surface area (Å²) in [6.07, 6.45) is 1.45. The molecule has 0 saturated carbocycles. The molecule has 1 aliphatic rings. The highest BCUT2D eigenvalue weighted by Crippen LogP contribution is 2.28. The summed E-state index contributed by atoms with van der Waals surface area (Å²) in [5.41, 5.74) is 1.03. The molecule has 0 spiro atoms. The molecule has 1 atom stereocenters. The molecule has 27 heavy (non-hydrogen) atoms. The molecule has 0 aliphatic carbocycles. The van der Waals surface area contributed by atoms with Gasteiger partial charge in [-0.05, 0) is 25.8 Å². The lowest BCUT2D eigenvalue weighted by atomic mass is 9.98. The van der Waals surface area contributed by atoms with Crippen LogP contribution >= 0.6 is 0 Å². The average Bonchev–Trinajstić information content (AvgIpc) is 3.05. The smallest absolute Gasteiger partial charge is 0.374 e. The Balaban J connectivity index is 1.76. The summed E-state index contributed by atoms with van der Waals surface area (Å²) in [4.78, 5) is 37.9. The van der Waals surface area contributed by atoms with Gasteiger partial charge in [-0.25, -0.2) is 4.79 Å². The first-order valence-electron chi connectivity index (χ1n) is 9.11. The van der Waals surface area contributed by atoms with E-state index in [-0.39, 0.29) is 36.8 Å². The zero-order valence-corrected chi connectivity index (χ0v) is 15.5. The molecule has 0 N–H and O–H groups in total. The van der Waals surface area contributed by atoms with Crippen molar-refractivity contribution in [2.24, 2.45) is 5.92 Å². The summed E-state index contributed by atoms with van der Waals surface area (Å²) in [6, 6.07) is 7.18. The van der Waals surface area contributed by atoms with Gasteiger partial charge in [0.1, 0.15) is 12.2 Å². The topological polar surface area (TPSA) is 86.1 Å². The van der Waals surface area contributed by atoms with Crippen molar-refractivity contribution in [2.75, 3.05) is 19.7 Å². The molecule has 0 radical (unpaired) electrons. The number of fused-ring (bicyclic) bond motifs is 1. The molecule has 3 rings (SSSR count). The van der Waals surface area contributed by atoms with Crippen molar-refractivity contribution in [1.29, 1.82) is 0 Å². The molecule has 1 fully saturated rings. The van der Waals surface area contributed by atoms with E-state index in [0.29, 0.717) is 36.0 Å². The number of para-hydroxylation sites is 1. The zero-order valence-electron chi connectivity index (χ0n) is 15.5. The van der Waals surface area contributed by atoms with E-state index in [2.05, 4.69) is 0 Å². The van der Waals surface area contributed by atoms with Gasteiger partial charge in [-0.3, -0.25) is 9.59 Å². The summed E-state index contributed by atoms with van der Waals surface area (Å²) in [5.74, 6) is -1.30. The minimum Gasteiger partial charge on any atom is -0.460 e. The molecule has 144 valence electrons. The lowest BCUT2D eigenvalue weighted by Crippen LogP contribution is -2.41. The number of rotatable bonds is 5. The van der Waals surface area contributed by atoms with Gasteiger partial charge >= 0.3 is 11.9 Å². The molecule has 7 nitrogen and oxygen atoms in total. The number of hydrogen-bond acceptors (Lipinski definition) is 6. The standard InChI is InChI=1S/C20H23NO6/c1-3-25-20(24)18-16(15-8-4-5-9-17(15)27-18)12-26-19(23)14-7-6-10-21(11-14)13(2)22/h4-5,8-9,14H,3,6-7,10-12H2,1-2H3/t14-/m1/s1. The largest absolute Gasteiger partial charge is 0.460 e. The Hall–Kier alpha value is -2.83. The van der Waals surface area contributed by atoms with Gasteiger partial charge in [0.25, 0.3) is 0 Å². The Kier molecular flexibility index (Phi) is 5.78. The number of esters is 2. The normalized spacial score (nSPS) is 17.0. The van der Waals surface area contributed by atoms with E-state index in [0.717, 1.165) is 6.42 Å². The van der Waals surface area contributed by atoms with Crippen LogP contribution in [0.25, 0.3) is 11.0 Å². The number of carbonyl (C=O) groups is 3. The van der Waals surface area contributed by atoms with Gasteiger partial charge in [0.15, 0.2) is 0 Å². The second-order valence-corrected chi connectivity index (χ2v) is 6.54. The van der Waals surface area contributed by atoms with Gasteiger partial charge in [-0.1, -0.05) is 18.2 Å². The Morgan fingerprint density at radius 3 is 2.74 bits per heavy atom. The highest BCUT2D eigenvalue weighted by Gasteiger charge is 2.29. The van der Waals surface area contributed by atoms with Crippen LogP contribution in [0.1, 0.15) is 42.8 Å². The van der Waals surface area contributed by atoms with Crippen molar-refractivity contribution < 1.29 is 28.3 Å². The fourth-order valence-electron chi connectivity index (χ4n) is 3.32. The maximum atomic E-state index is 12.5. The number of ether oxygens (including phenoxy) is 2. The van der Waals surface area contributed by atoms with Crippen LogP contribution in [0.15, 0.2) is 28.7 Å². The zero-order chi connectivity index (χ0) is 19.4. The summed E-state index contributed by atoms with van der Waals surface area (Å²) in [7, 11) is 0. The number of likely N-dealkylation sites (tertiary alicyclic amines) is 1. The lowest BCUT2D eigenvalue weighted by molar-refractivity contribution is -0.152. The molecule has 1 aromatic heterocycles. The third-order valence-electron chi connectivity index (χ3n) is 4.72. The first-order valence-corrected chi connectivity index (χ1v) is 9.11. The third kappa shape index (κ3) is 4.13. The Morgan fingerprint density at radius 2 is 2.00 bits per heavy atom. The monoisotopic (exact) mass is 373 g/mol. The number of hydrogen-bond donors (Lipinski definition) is 0. The van der Waals surface area contributed by atoms with Crippen molar-refractivity contribution in [3.05, 3.63) is 35.6 Å². The molecular weight excluding hydrogens is 350 g/mol. The van der Waals surface area contributed by atoms with Gasteiger partial charge in [0.2, 0.25) is 11.7 Å². The van der Waals surface area contributed by atoms with Gasteiger partial charge in [-0.2, -0.15) is 0 Å². The van der Waals surface area contributed by atoms with Crippen LogP contribution in [0.4, 0.5) is 0 Å². The van der Waals surface area contributed by atoms with Crippen LogP contribution < -0.4 is 0 Å². The lowest BCUT2D eigenvalue weighted by Gasteiger charge is -2.30. The van der Waals surface area contributed by atoms with Gasteiger partial charge < -0.3 is 18.8 Å². The summed E-state index contributed by atoms with van der Waals surface area (Å²) >= 11 is 0. The number of benzene rings is 1. The van der Waals surface area contributed by atoms with Gasteiger partial charge in [0.05, 0.1) is 18.1 Å². The van der Waals surface area contributed by atoms with Crippen molar-refractivity contribution >= 4 is 28.8 Å². The fraction of sp³-hybridized carbons (Fsp3) is 0.450. The van der Waals surface area contributed by atoms with E-state index in [1.54, 1.807) is 24.0 Å². The van der Waals surface area contributed by atoms with Crippen molar-refractivity contribution in [3.63, 3.8) is 0 Å². The minimum absolute atomic E-state index is 0.0436. The quantitative estimate of drug-likeness (QED) is 0.749. The number of furan rings is 1. The first-order chi connectivity index (χ1) is 13.0. The second kappa shape index (κ2) is 8.24. The van der Waals surface area contributed by atoms with Gasteiger partial charge in [0, 0.05) is 25.4 Å². The maximum Gasteiger partial charge on any atom is 0.374 e. The molecule has 7 heteroatoms. The highest BCUT2D eigenvalue weighted by atomic mass is 16.5. The average molecular weight is 373 g/mol. The number of carbonyl (C=O) groups excluding carboxylic acids is 3. The van der Waals surface area contributed by atoms with E-state index in [1.807, 2.05) is 12.1 Å². The maximum absolute atomic E-state index is 12.5. The van der Waals surface area contributed by atoms with E-state index >= 15 is 0 Å². The molecule has 0 bridgehead atoms. The van der Waals surface area contributed by atoms with E-state index in [1.165, 1.54) is 6.92 Å². The van der Waals surface area contributed by atoms with Crippen LogP contribution in [0, 0.1) is 5.92 Å².